The molecular weight excluding hydrogens is 539 g/mol. The van der Waals surface area contributed by atoms with E-state index in [0.29, 0.717) is 47.3 Å². The summed E-state index contributed by atoms with van der Waals surface area (Å²) >= 11 is 2.08. The average Bonchev–Trinajstić information content (AvgIpc) is 3.42. The highest BCUT2D eigenvalue weighted by Crippen LogP contribution is 2.37. The van der Waals surface area contributed by atoms with Gasteiger partial charge in [0.25, 0.3) is 11.1 Å². The number of halogens is 3. The predicted molar refractivity (Wildman–Crippen MR) is 141 cm³/mol. The number of aromatic nitrogens is 2. The fraction of sp³-hybridized carbons (Fsp3) is 0.320. The van der Waals surface area contributed by atoms with Gasteiger partial charge in [0.05, 0.1) is 35.8 Å². The Kier molecular flexibility index (Phi) is 7.45. The largest absolute Gasteiger partial charge is 0.497 e. The molecule has 2 aliphatic heterocycles. The number of nitrogens with zero attached hydrogens (tertiary/aromatic N) is 4. The summed E-state index contributed by atoms with van der Waals surface area (Å²) in [7, 11) is 1.32. The molecule has 2 fully saturated rings. The van der Waals surface area contributed by atoms with E-state index < -0.39 is 11.7 Å². The van der Waals surface area contributed by atoms with E-state index >= 15 is 0 Å². The number of benzene rings is 2. The summed E-state index contributed by atoms with van der Waals surface area (Å²) in [5.41, 5.74) is 0.623. The zero-order valence-electron chi connectivity index (χ0n) is 20.3. The van der Waals surface area contributed by atoms with Gasteiger partial charge in [-0.05, 0) is 66.1 Å². The van der Waals surface area contributed by atoms with Crippen molar-refractivity contribution in [3.05, 3.63) is 64.2 Å². The SMILES string of the molecule is COc1ccc(Cn2ncc3cc(/C=C4\SC(=O)N(C5CCN(SN)CC5)C4=O)ccc32)c(C(F)(F)F)c1. The van der Waals surface area contributed by atoms with Crippen LogP contribution < -0.4 is 9.88 Å². The van der Waals surface area contributed by atoms with Crippen molar-refractivity contribution in [1.29, 1.82) is 0 Å². The molecule has 0 spiro atoms. The van der Waals surface area contributed by atoms with Crippen LogP contribution in [0.2, 0.25) is 0 Å². The maximum absolute atomic E-state index is 13.6. The molecule has 5 rings (SSSR count). The fourth-order valence-corrected chi connectivity index (χ4v) is 6.04. The van der Waals surface area contributed by atoms with Crippen LogP contribution in [0.1, 0.15) is 29.5 Å². The topological polar surface area (TPSA) is 93.7 Å². The van der Waals surface area contributed by atoms with Gasteiger partial charge in [-0.25, -0.2) is 4.31 Å². The van der Waals surface area contributed by atoms with Crippen LogP contribution in [-0.4, -0.2) is 56.4 Å². The monoisotopic (exact) mass is 563 g/mol. The molecule has 13 heteroatoms. The van der Waals surface area contributed by atoms with E-state index in [-0.39, 0.29) is 35.0 Å². The van der Waals surface area contributed by atoms with E-state index in [1.54, 1.807) is 30.5 Å². The molecule has 200 valence electrons. The van der Waals surface area contributed by atoms with Crippen LogP contribution in [0.5, 0.6) is 5.75 Å². The van der Waals surface area contributed by atoms with Gasteiger partial charge in [0, 0.05) is 36.7 Å². The molecule has 0 unspecified atom stereocenters. The van der Waals surface area contributed by atoms with E-state index in [9.17, 15) is 22.8 Å². The number of methoxy groups -OCH3 is 1. The van der Waals surface area contributed by atoms with Crippen molar-refractivity contribution in [2.24, 2.45) is 5.14 Å². The number of thioether (sulfide) groups is 1. The number of hydrogen-bond acceptors (Lipinski definition) is 8. The third kappa shape index (κ3) is 5.28. The van der Waals surface area contributed by atoms with Gasteiger partial charge in [-0.1, -0.05) is 12.1 Å². The molecule has 2 amide bonds. The van der Waals surface area contributed by atoms with Crippen molar-refractivity contribution in [2.45, 2.75) is 31.6 Å². The second-order valence-corrected chi connectivity index (χ2v) is 10.7. The Hall–Kier alpha value is -3.00. The first-order chi connectivity index (χ1) is 18.2. The number of amides is 2. The second-order valence-electron chi connectivity index (χ2n) is 8.96. The fourth-order valence-electron chi connectivity index (χ4n) is 4.72. The lowest BCUT2D eigenvalue weighted by Crippen LogP contribution is -2.45. The quantitative estimate of drug-likeness (QED) is 0.326. The Morgan fingerprint density at radius 3 is 2.63 bits per heavy atom. The van der Waals surface area contributed by atoms with Gasteiger partial charge in [-0.15, -0.1) is 0 Å². The van der Waals surface area contributed by atoms with Gasteiger partial charge < -0.3 is 4.74 Å². The molecule has 0 aliphatic carbocycles. The number of rotatable bonds is 6. The highest BCUT2D eigenvalue weighted by atomic mass is 32.2. The maximum atomic E-state index is 13.6. The molecule has 0 atom stereocenters. The second kappa shape index (κ2) is 10.6. The molecule has 0 saturated carbocycles. The molecule has 3 heterocycles. The lowest BCUT2D eigenvalue weighted by Gasteiger charge is -2.33. The smallest absolute Gasteiger partial charge is 0.416 e. The predicted octanol–water partition coefficient (Wildman–Crippen LogP) is 5.13. The van der Waals surface area contributed by atoms with E-state index in [0.717, 1.165) is 17.8 Å². The van der Waals surface area contributed by atoms with Crippen LogP contribution in [0.25, 0.3) is 17.0 Å². The van der Waals surface area contributed by atoms with E-state index in [1.807, 2.05) is 4.31 Å². The molecular formula is C25H24F3N5O3S2. The van der Waals surface area contributed by atoms with Crippen LogP contribution in [0.3, 0.4) is 0 Å². The number of carbonyl (C=O) groups excluding carboxylic acids is 2. The summed E-state index contributed by atoms with van der Waals surface area (Å²) in [5, 5.41) is 10.3. The number of imide groups is 1. The van der Waals surface area contributed by atoms with Crippen molar-refractivity contribution in [2.75, 3.05) is 20.2 Å². The van der Waals surface area contributed by atoms with Crippen molar-refractivity contribution < 1.29 is 27.5 Å². The third-order valence-corrected chi connectivity index (χ3v) is 8.21. The molecule has 2 saturated heterocycles. The summed E-state index contributed by atoms with van der Waals surface area (Å²) in [5.74, 6) is -0.186. The number of fused-ring (bicyclic) bond motifs is 1. The maximum Gasteiger partial charge on any atom is 0.416 e. The average molecular weight is 564 g/mol. The molecule has 0 bridgehead atoms. The van der Waals surface area contributed by atoms with Crippen LogP contribution >= 0.6 is 23.9 Å². The molecule has 2 aromatic carbocycles. The molecule has 2 aliphatic rings. The Bertz CT molecular complexity index is 1420. The first-order valence-corrected chi connectivity index (χ1v) is 13.4. The highest BCUT2D eigenvalue weighted by molar-refractivity contribution is 8.18. The Morgan fingerprint density at radius 1 is 1.18 bits per heavy atom. The summed E-state index contributed by atoms with van der Waals surface area (Å²) < 4.78 is 49.4. The number of piperidine rings is 1. The summed E-state index contributed by atoms with van der Waals surface area (Å²) in [4.78, 5) is 27.4. The summed E-state index contributed by atoms with van der Waals surface area (Å²) in [6.45, 7) is 1.32. The molecule has 1 aromatic heterocycles. The summed E-state index contributed by atoms with van der Waals surface area (Å²) in [6.07, 6.45) is 0.0371. The van der Waals surface area contributed by atoms with Gasteiger partial charge in [0.2, 0.25) is 0 Å². The van der Waals surface area contributed by atoms with Crippen LogP contribution in [-0.2, 0) is 17.5 Å². The Labute approximate surface area is 225 Å². The van der Waals surface area contributed by atoms with Crippen LogP contribution in [0.15, 0.2) is 47.5 Å². The lowest BCUT2D eigenvalue weighted by atomic mass is 10.0. The summed E-state index contributed by atoms with van der Waals surface area (Å²) in [6, 6.07) is 8.99. The van der Waals surface area contributed by atoms with Gasteiger partial charge in [0.15, 0.2) is 0 Å². The molecule has 0 radical (unpaired) electrons. The lowest BCUT2D eigenvalue weighted by molar-refractivity contribution is -0.138. The third-order valence-electron chi connectivity index (χ3n) is 6.67. The van der Waals surface area contributed by atoms with E-state index in [4.69, 9.17) is 9.88 Å². The zero-order chi connectivity index (χ0) is 27.0. The Morgan fingerprint density at radius 2 is 1.95 bits per heavy atom. The van der Waals surface area contributed by atoms with Crippen LogP contribution in [0.4, 0.5) is 18.0 Å². The van der Waals surface area contributed by atoms with Crippen molar-refractivity contribution >= 4 is 52.0 Å². The Balaban J connectivity index is 1.36. The van der Waals surface area contributed by atoms with Gasteiger partial charge >= 0.3 is 6.18 Å². The zero-order valence-corrected chi connectivity index (χ0v) is 21.9. The standard InChI is InChI=1S/C25H24F3N5O3S2/c1-36-19-4-3-16(20(12-19)25(26,27)28)14-32-21-5-2-15(10-17(21)13-30-32)11-22-23(34)33(24(35)37-22)18-6-8-31(38-29)9-7-18/h2-5,10-13,18H,6-9,14,29H2,1H3/b22-11-. The normalized spacial score (nSPS) is 18.8. The van der Waals surface area contributed by atoms with Crippen molar-refractivity contribution in [1.82, 2.24) is 19.0 Å². The minimum atomic E-state index is -4.54. The number of alkyl halides is 3. The first kappa shape index (κ1) is 26.6. The molecule has 3 aromatic rings. The minimum Gasteiger partial charge on any atom is -0.497 e. The van der Waals surface area contributed by atoms with Crippen molar-refractivity contribution in [3.8, 4) is 5.75 Å². The number of carbonyl (C=O) groups is 2. The number of nitrogens with two attached hydrogens (primary N) is 1. The van der Waals surface area contributed by atoms with Crippen molar-refractivity contribution in [3.63, 3.8) is 0 Å². The first-order valence-electron chi connectivity index (χ1n) is 11.8. The molecule has 38 heavy (non-hydrogen) atoms. The van der Waals surface area contributed by atoms with E-state index in [1.165, 1.54) is 41.0 Å². The van der Waals surface area contributed by atoms with E-state index in [2.05, 4.69) is 5.10 Å². The molecule has 2 N–H and O–H groups in total. The van der Waals surface area contributed by atoms with Gasteiger partial charge in [-0.3, -0.25) is 24.3 Å². The van der Waals surface area contributed by atoms with Gasteiger partial charge in [0.1, 0.15) is 5.75 Å². The number of hydrogen-bond donors (Lipinski definition) is 1. The molecule has 8 nitrogen and oxygen atoms in total. The number of ether oxygens (including phenoxy) is 1. The van der Waals surface area contributed by atoms with Gasteiger partial charge in [-0.2, -0.15) is 18.3 Å². The van der Waals surface area contributed by atoms with Crippen LogP contribution in [0, 0.1) is 0 Å². The highest BCUT2D eigenvalue weighted by Gasteiger charge is 2.41. The minimum absolute atomic E-state index is 0.0666.